The molecule has 3 heterocycles. The van der Waals surface area contributed by atoms with E-state index in [2.05, 4.69) is 19.8 Å². The molecule has 3 aromatic heterocycles. The molecule has 0 radical (unpaired) electrons. The van der Waals surface area contributed by atoms with E-state index in [4.69, 9.17) is 0 Å². The largest absolute Gasteiger partial charge is 0.347 e. The van der Waals surface area contributed by atoms with Crippen molar-refractivity contribution in [2.75, 3.05) is 0 Å². The predicted molar refractivity (Wildman–Crippen MR) is 88.7 cm³/mol. The van der Waals surface area contributed by atoms with Crippen molar-refractivity contribution in [2.24, 2.45) is 0 Å². The molecule has 0 fully saturated rings. The summed E-state index contributed by atoms with van der Waals surface area (Å²) in [6.45, 7) is 4.54. The van der Waals surface area contributed by atoms with E-state index in [-0.39, 0.29) is 11.8 Å². The third-order valence-electron chi connectivity index (χ3n) is 3.38. The lowest BCUT2D eigenvalue weighted by Crippen LogP contribution is -2.23. The summed E-state index contributed by atoms with van der Waals surface area (Å²) in [5, 5.41) is 7.28. The molecule has 0 aromatic carbocycles. The second kappa shape index (κ2) is 6.70. The fraction of sp³-hybridized carbons (Fsp3) is 0.250. The molecule has 7 heteroatoms. The van der Waals surface area contributed by atoms with Crippen molar-refractivity contribution in [1.82, 2.24) is 24.5 Å². The van der Waals surface area contributed by atoms with Crippen molar-refractivity contribution in [3.05, 3.63) is 59.0 Å². The number of aromatic nitrogens is 4. The van der Waals surface area contributed by atoms with Crippen molar-refractivity contribution in [1.29, 1.82) is 0 Å². The van der Waals surface area contributed by atoms with Gasteiger partial charge in [0.25, 0.3) is 5.91 Å². The highest BCUT2D eigenvalue weighted by molar-refractivity contribution is 7.05. The quantitative estimate of drug-likeness (QED) is 0.782. The molecule has 0 aliphatic carbocycles. The lowest BCUT2D eigenvalue weighted by Gasteiger charge is -2.12. The van der Waals surface area contributed by atoms with Crippen LogP contribution >= 0.6 is 11.5 Å². The third-order valence-corrected chi connectivity index (χ3v) is 4.12. The van der Waals surface area contributed by atoms with Gasteiger partial charge in [0.15, 0.2) is 5.82 Å². The number of hydrogen-bond acceptors (Lipinski definition) is 5. The van der Waals surface area contributed by atoms with Gasteiger partial charge in [-0.15, -0.1) is 0 Å². The summed E-state index contributed by atoms with van der Waals surface area (Å²) in [6.07, 6.45) is 5.04. The lowest BCUT2D eigenvalue weighted by atomic mass is 10.1. The molecule has 0 unspecified atom stereocenters. The number of rotatable bonds is 5. The molecule has 3 rings (SSSR count). The number of carbonyl (C=O) groups excluding carboxylic acids is 1. The van der Waals surface area contributed by atoms with Crippen LogP contribution < -0.4 is 5.32 Å². The second-order valence-corrected chi connectivity index (χ2v) is 6.28. The monoisotopic (exact) mass is 327 g/mol. The van der Waals surface area contributed by atoms with Crippen LogP contribution in [0.5, 0.6) is 0 Å². The van der Waals surface area contributed by atoms with Crippen LogP contribution in [-0.4, -0.2) is 25.0 Å². The van der Waals surface area contributed by atoms with Gasteiger partial charge < -0.3 is 5.32 Å². The van der Waals surface area contributed by atoms with E-state index in [1.807, 2.05) is 38.1 Å². The van der Waals surface area contributed by atoms with Gasteiger partial charge in [-0.05, 0) is 35.6 Å². The maximum atomic E-state index is 12.5. The van der Waals surface area contributed by atoms with Gasteiger partial charge in [0.2, 0.25) is 0 Å². The zero-order chi connectivity index (χ0) is 16.2. The Hall–Kier alpha value is -2.54. The third kappa shape index (κ3) is 3.29. The van der Waals surface area contributed by atoms with Crippen LogP contribution in [0.3, 0.4) is 0 Å². The smallest absolute Gasteiger partial charge is 0.255 e. The van der Waals surface area contributed by atoms with Crippen LogP contribution in [0.25, 0.3) is 5.82 Å². The maximum absolute atomic E-state index is 12.5. The first-order valence-electron chi connectivity index (χ1n) is 7.34. The predicted octanol–water partition coefficient (Wildman–Crippen LogP) is 2.78. The standard InChI is InChI=1S/C16H17N5OS/c1-11(2)15-13(16(22)18-9-12-6-8-20-23-12)10-19-21(15)14-5-3-4-7-17-14/h3-8,10-11H,9H2,1-2H3,(H,18,22). The van der Waals surface area contributed by atoms with Gasteiger partial charge in [-0.2, -0.15) is 5.10 Å². The lowest BCUT2D eigenvalue weighted by molar-refractivity contribution is 0.0950. The minimum atomic E-state index is -0.135. The molecule has 0 aliphatic heterocycles. The Bertz CT molecular complexity index is 780. The zero-order valence-corrected chi connectivity index (χ0v) is 13.7. The number of hydrogen-bond donors (Lipinski definition) is 1. The van der Waals surface area contributed by atoms with Crippen LogP contribution in [-0.2, 0) is 6.54 Å². The molecule has 1 amide bonds. The number of nitrogens with zero attached hydrogens (tertiary/aromatic N) is 4. The molecular formula is C16H17N5OS. The van der Waals surface area contributed by atoms with Gasteiger partial charge in [0, 0.05) is 17.3 Å². The minimum absolute atomic E-state index is 0.135. The van der Waals surface area contributed by atoms with Crippen LogP contribution in [0.15, 0.2) is 42.9 Å². The molecule has 0 aliphatic rings. The molecule has 3 aromatic rings. The highest BCUT2D eigenvalue weighted by atomic mass is 32.1. The molecule has 0 saturated carbocycles. The molecule has 6 nitrogen and oxygen atoms in total. The second-order valence-electron chi connectivity index (χ2n) is 5.36. The Kier molecular flexibility index (Phi) is 4.47. The van der Waals surface area contributed by atoms with Crippen LogP contribution in [0.1, 0.15) is 40.7 Å². The molecule has 118 valence electrons. The molecule has 23 heavy (non-hydrogen) atoms. The van der Waals surface area contributed by atoms with E-state index in [1.165, 1.54) is 11.5 Å². The van der Waals surface area contributed by atoms with E-state index >= 15 is 0 Å². The van der Waals surface area contributed by atoms with Crippen molar-refractivity contribution in [3.8, 4) is 5.82 Å². The summed E-state index contributed by atoms with van der Waals surface area (Å²) >= 11 is 1.38. The first-order chi connectivity index (χ1) is 11.2. The van der Waals surface area contributed by atoms with Gasteiger partial charge in [0.1, 0.15) is 0 Å². The molecule has 1 N–H and O–H groups in total. The van der Waals surface area contributed by atoms with E-state index in [0.29, 0.717) is 17.9 Å². The molecule has 0 spiro atoms. The highest BCUT2D eigenvalue weighted by Gasteiger charge is 2.21. The van der Waals surface area contributed by atoms with Gasteiger partial charge in [0.05, 0.1) is 24.0 Å². The molecule has 0 saturated heterocycles. The van der Waals surface area contributed by atoms with Crippen molar-refractivity contribution in [3.63, 3.8) is 0 Å². The van der Waals surface area contributed by atoms with Gasteiger partial charge in [-0.25, -0.2) is 14.0 Å². The summed E-state index contributed by atoms with van der Waals surface area (Å²) in [5.41, 5.74) is 1.43. The SMILES string of the molecule is CC(C)c1c(C(=O)NCc2ccns2)cnn1-c1ccccn1. The average Bonchev–Trinajstić information content (AvgIpc) is 3.22. The van der Waals surface area contributed by atoms with Gasteiger partial charge in [-0.1, -0.05) is 19.9 Å². The van der Waals surface area contributed by atoms with Crippen LogP contribution in [0.2, 0.25) is 0 Å². The van der Waals surface area contributed by atoms with E-state index in [1.54, 1.807) is 23.3 Å². The van der Waals surface area contributed by atoms with Crippen molar-refractivity contribution < 1.29 is 4.79 Å². The van der Waals surface area contributed by atoms with Crippen LogP contribution in [0, 0.1) is 0 Å². The Morgan fingerprint density at radius 2 is 2.17 bits per heavy atom. The Morgan fingerprint density at radius 3 is 2.83 bits per heavy atom. The first kappa shape index (κ1) is 15.4. The van der Waals surface area contributed by atoms with E-state index in [0.717, 1.165) is 10.6 Å². The van der Waals surface area contributed by atoms with Crippen molar-refractivity contribution >= 4 is 17.4 Å². The average molecular weight is 327 g/mol. The number of pyridine rings is 1. The Labute approximate surface area is 138 Å². The first-order valence-corrected chi connectivity index (χ1v) is 8.11. The highest BCUT2D eigenvalue weighted by Crippen LogP contribution is 2.22. The molecule has 0 atom stereocenters. The van der Waals surface area contributed by atoms with Gasteiger partial charge >= 0.3 is 0 Å². The molecule has 0 bridgehead atoms. The summed E-state index contributed by atoms with van der Waals surface area (Å²) in [6, 6.07) is 7.52. The maximum Gasteiger partial charge on any atom is 0.255 e. The molecular weight excluding hydrogens is 310 g/mol. The fourth-order valence-electron chi connectivity index (χ4n) is 2.35. The van der Waals surface area contributed by atoms with Crippen LogP contribution in [0.4, 0.5) is 0 Å². The zero-order valence-electron chi connectivity index (χ0n) is 12.9. The normalized spacial score (nSPS) is 10.9. The van der Waals surface area contributed by atoms with Gasteiger partial charge in [-0.3, -0.25) is 4.79 Å². The minimum Gasteiger partial charge on any atom is -0.347 e. The number of nitrogens with one attached hydrogen (secondary N) is 1. The topological polar surface area (TPSA) is 72.7 Å². The summed E-state index contributed by atoms with van der Waals surface area (Å²) < 4.78 is 5.76. The summed E-state index contributed by atoms with van der Waals surface area (Å²) in [5.74, 6) is 0.714. The van der Waals surface area contributed by atoms with E-state index in [9.17, 15) is 4.79 Å². The Morgan fingerprint density at radius 1 is 1.30 bits per heavy atom. The van der Waals surface area contributed by atoms with E-state index < -0.39 is 0 Å². The summed E-state index contributed by atoms with van der Waals surface area (Å²) in [4.78, 5) is 17.8. The van der Waals surface area contributed by atoms with Crippen molar-refractivity contribution in [2.45, 2.75) is 26.3 Å². The summed E-state index contributed by atoms with van der Waals surface area (Å²) in [7, 11) is 0. The number of amides is 1. The fourth-order valence-corrected chi connectivity index (χ4v) is 2.86. The number of carbonyl (C=O) groups is 1. The Balaban J connectivity index is 1.87.